The van der Waals surface area contributed by atoms with Crippen molar-refractivity contribution in [1.82, 2.24) is 9.44 Å². The summed E-state index contributed by atoms with van der Waals surface area (Å²) in [5, 5.41) is 18.3. The number of carbonyl (C=O) groups is 2. The Morgan fingerprint density at radius 3 is 1.25 bits per heavy atom. The third-order valence-corrected chi connectivity index (χ3v) is 4.27. The lowest BCUT2D eigenvalue weighted by atomic mass is 9.99. The first kappa shape index (κ1) is 22.5. The number of sulfonamides is 2. The summed E-state index contributed by atoms with van der Waals surface area (Å²) in [4.78, 5) is 22.5. The molecular formula is C12H22N2O8S2. The third-order valence-electron chi connectivity index (χ3n) is 2.82. The van der Waals surface area contributed by atoms with Crippen LogP contribution in [0.25, 0.3) is 0 Å². The van der Waals surface area contributed by atoms with E-state index in [-0.39, 0.29) is 49.9 Å². The van der Waals surface area contributed by atoms with Gasteiger partial charge < -0.3 is 10.2 Å². The minimum Gasteiger partial charge on any atom is -0.478 e. The first-order chi connectivity index (χ1) is 10.8. The van der Waals surface area contributed by atoms with Crippen molar-refractivity contribution in [3.05, 3.63) is 11.1 Å². The van der Waals surface area contributed by atoms with E-state index in [1.807, 2.05) is 0 Å². The predicted molar refractivity (Wildman–Crippen MR) is 86.5 cm³/mol. The first-order valence-electron chi connectivity index (χ1n) is 6.91. The molecule has 0 amide bonds. The molecule has 0 fully saturated rings. The Kier molecular flexibility index (Phi) is 9.11. The van der Waals surface area contributed by atoms with E-state index in [2.05, 4.69) is 9.44 Å². The van der Waals surface area contributed by atoms with Crippen LogP contribution in [0, 0.1) is 0 Å². The zero-order valence-electron chi connectivity index (χ0n) is 13.4. The van der Waals surface area contributed by atoms with E-state index in [1.165, 1.54) is 0 Å². The Bertz CT molecular complexity index is 635. The summed E-state index contributed by atoms with van der Waals surface area (Å²) >= 11 is 0. The number of hydrogen-bond donors (Lipinski definition) is 4. The van der Waals surface area contributed by atoms with Gasteiger partial charge >= 0.3 is 11.9 Å². The maximum Gasteiger partial charge on any atom is 0.332 e. The van der Waals surface area contributed by atoms with E-state index in [0.29, 0.717) is 0 Å². The van der Waals surface area contributed by atoms with Gasteiger partial charge in [-0.05, 0) is 25.7 Å². The van der Waals surface area contributed by atoms with Crippen molar-refractivity contribution in [2.24, 2.45) is 0 Å². The van der Waals surface area contributed by atoms with Crippen LogP contribution in [0.15, 0.2) is 11.1 Å². The highest BCUT2D eigenvalue weighted by molar-refractivity contribution is 7.89. The number of nitrogens with one attached hydrogen (secondary N) is 2. The number of hydrogen-bond acceptors (Lipinski definition) is 6. The van der Waals surface area contributed by atoms with Gasteiger partial charge in [0.1, 0.15) is 0 Å². The second kappa shape index (κ2) is 9.71. The first-order valence-corrected chi connectivity index (χ1v) is 10.7. The van der Waals surface area contributed by atoms with Crippen molar-refractivity contribution in [2.45, 2.75) is 25.7 Å². The number of rotatable bonds is 12. The van der Waals surface area contributed by atoms with Crippen molar-refractivity contribution in [3.63, 3.8) is 0 Å². The second-order valence-electron chi connectivity index (χ2n) is 5.11. The quantitative estimate of drug-likeness (QED) is 0.247. The molecule has 0 aliphatic rings. The van der Waals surface area contributed by atoms with Gasteiger partial charge in [0.2, 0.25) is 20.0 Å². The number of aliphatic carboxylic acids is 2. The Balaban J connectivity index is 4.89. The van der Waals surface area contributed by atoms with Crippen molar-refractivity contribution < 1.29 is 36.6 Å². The lowest BCUT2D eigenvalue weighted by Gasteiger charge is -2.10. The average molecular weight is 386 g/mol. The van der Waals surface area contributed by atoms with Gasteiger partial charge in [-0.2, -0.15) is 0 Å². The maximum absolute atomic E-state index is 11.3. The van der Waals surface area contributed by atoms with Crippen LogP contribution < -0.4 is 9.44 Å². The molecule has 0 saturated heterocycles. The molecule has 0 spiro atoms. The molecule has 0 bridgehead atoms. The smallest absolute Gasteiger partial charge is 0.332 e. The van der Waals surface area contributed by atoms with Gasteiger partial charge in [-0.1, -0.05) is 0 Å². The highest BCUT2D eigenvalue weighted by Crippen LogP contribution is 2.17. The largest absolute Gasteiger partial charge is 0.478 e. The summed E-state index contributed by atoms with van der Waals surface area (Å²) in [7, 11) is -6.81. The maximum atomic E-state index is 11.3. The third kappa shape index (κ3) is 11.1. The molecule has 0 saturated carbocycles. The zero-order chi connectivity index (χ0) is 19.0. The lowest BCUT2D eigenvalue weighted by Crippen LogP contribution is -2.24. The van der Waals surface area contributed by atoms with E-state index >= 15 is 0 Å². The molecule has 24 heavy (non-hydrogen) atoms. The van der Waals surface area contributed by atoms with Crippen LogP contribution in [-0.4, -0.2) is 64.6 Å². The summed E-state index contributed by atoms with van der Waals surface area (Å²) in [6, 6.07) is 0. The van der Waals surface area contributed by atoms with Gasteiger partial charge in [-0.25, -0.2) is 35.9 Å². The molecule has 0 aromatic heterocycles. The fourth-order valence-electron chi connectivity index (χ4n) is 1.82. The van der Waals surface area contributed by atoms with Gasteiger partial charge in [-0.15, -0.1) is 0 Å². The zero-order valence-corrected chi connectivity index (χ0v) is 15.0. The van der Waals surface area contributed by atoms with Gasteiger partial charge in [0, 0.05) is 24.2 Å². The van der Waals surface area contributed by atoms with Gasteiger partial charge in [0.25, 0.3) is 0 Å². The number of carboxylic acid groups (broad SMARTS) is 2. The summed E-state index contributed by atoms with van der Waals surface area (Å²) < 4.78 is 48.0. The molecule has 12 heteroatoms. The molecule has 140 valence electrons. The summed E-state index contributed by atoms with van der Waals surface area (Å²) in [6.07, 6.45) is 1.90. The van der Waals surface area contributed by atoms with Crippen molar-refractivity contribution in [2.75, 3.05) is 25.6 Å². The second-order valence-corrected chi connectivity index (χ2v) is 8.77. The molecule has 10 nitrogen and oxygen atoms in total. The van der Waals surface area contributed by atoms with Crippen LogP contribution in [-0.2, 0) is 29.6 Å². The predicted octanol–water partition coefficient (Wildman–Crippen LogP) is -0.889. The van der Waals surface area contributed by atoms with E-state index in [9.17, 15) is 26.4 Å². The molecule has 0 rings (SSSR count). The van der Waals surface area contributed by atoms with Crippen molar-refractivity contribution in [1.29, 1.82) is 0 Å². The van der Waals surface area contributed by atoms with Crippen LogP contribution >= 0.6 is 0 Å². The lowest BCUT2D eigenvalue weighted by molar-refractivity contribution is -0.136. The van der Waals surface area contributed by atoms with Gasteiger partial charge in [-0.3, -0.25) is 0 Å². The van der Waals surface area contributed by atoms with E-state index in [1.54, 1.807) is 0 Å². The summed E-state index contributed by atoms with van der Waals surface area (Å²) in [5.41, 5.74) is -0.644. The Morgan fingerprint density at radius 2 is 1.04 bits per heavy atom. The van der Waals surface area contributed by atoms with Crippen LogP contribution in [0.2, 0.25) is 0 Å². The summed E-state index contributed by atoms with van der Waals surface area (Å²) in [5.74, 6) is -2.80. The highest BCUT2D eigenvalue weighted by Gasteiger charge is 2.19. The molecular weight excluding hydrogens is 364 g/mol. The van der Waals surface area contributed by atoms with Gasteiger partial charge in [0.15, 0.2) is 0 Å². The minimum atomic E-state index is -3.41. The van der Waals surface area contributed by atoms with Gasteiger partial charge in [0.05, 0.1) is 12.5 Å². The van der Waals surface area contributed by atoms with Crippen LogP contribution in [0.1, 0.15) is 25.7 Å². The van der Waals surface area contributed by atoms with E-state index in [0.717, 1.165) is 12.5 Å². The molecule has 0 aromatic rings. The highest BCUT2D eigenvalue weighted by atomic mass is 32.2. The Labute approximate surface area is 141 Å². The fraction of sp³-hybridized carbons (Fsp3) is 0.667. The molecule has 0 radical (unpaired) electrons. The topological polar surface area (TPSA) is 167 Å². The molecule has 0 unspecified atom stereocenters. The van der Waals surface area contributed by atoms with E-state index in [4.69, 9.17) is 10.2 Å². The Hall–Kier alpha value is -1.50. The van der Waals surface area contributed by atoms with Crippen molar-refractivity contribution >= 4 is 32.0 Å². The van der Waals surface area contributed by atoms with Crippen LogP contribution in [0.5, 0.6) is 0 Å². The SMILES string of the molecule is CS(=O)(=O)NCCC/C(C(=O)O)=C(/CCCNS(C)(=O)=O)C(=O)O. The standard InChI is InChI=1S/C12H22N2O8S2/c1-23(19,20)13-7-3-5-9(11(15)16)10(12(17)18)6-4-8-14-24(2,21)22/h13-14H,3-8H2,1-2H3,(H,15,16)(H,17,18)/b10-9+. The van der Waals surface area contributed by atoms with Crippen molar-refractivity contribution in [3.8, 4) is 0 Å². The molecule has 0 aliphatic carbocycles. The monoisotopic (exact) mass is 386 g/mol. The Morgan fingerprint density at radius 1 is 0.750 bits per heavy atom. The summed E-state index contributed by atoms with van der Waals surface area (Å²) in [6.45, 7) is -0.0315. The molecule has 0 aliphatic heterocycles. The molecule has 0 atom stereocenters. The van der Waals surface area contributed by atoms with E-state index < -0.39 is 32.0 Å². The number of carboxylic acids is 2. The molecule has 0 aromatic carbocycles. The average Bonchev–Trinajstić information content (AvgIpc) is 2.37. The van der Waals surface area contributed by atoms with Crippen LogP contribution in [0.3, 0.4) is 0 Å². The molecule has 0 heterocycles. The minimum absolute atomic E-state index is 0.0157. The van der Waals surface area contributed by atoms with Crippen LogP contribution in [0.4, 0.5) is 0 Å². The normalized spacial score (nSPS) is 13.4. The fourth-order valence-corrected chi connectivity index (χ4v) is 2.85. The molecule has 4 N–H and O–H groups in total.